The van der Waals surface area contributed by atoms with Crippen molar-refractivity contribution in [3.8, 4) is 0 Å². The van der Waals surface area contributed by atoms with Crippen molar-refractivity contribution in [3.05, 3.63) is 47.9 Å². The summed E-state index contributed by atoms with van der Waals surface area (Å²) >= 11 is 0. The molecular formula is C16H17N5O2. The maximum atomic E-state index is 10.8. The molecule has 0 amide bonds. The maximum Gasteiger partial charge on any atom is 0.356 e. The fourth-order valence-electron chi connectivity index (χ4n) is 2.35. The third-order valence-electron chi connectivity index (χ3n) is 3.56. The molecule has 0 aliphatic carbocycles. The van der Waals surface area contributed by atoms with Crippen LogP contribution in [0.5, 0.6) is 0 Å². The Balaban J connectivity index is 1.88. The Morgan fingerprint density at radius 2 is 1.96 bits per heavy atom. The van der Waals surface area contributed by atoms with Crippen LogP contribution in [-0.4, -0.2) is 31.2 Å². The van der Waals surface area contributed by atoms with E-state index in [-0.39, 0.29) is 17.7 Å². The molecule has 1 atom stereocenters. The zero-order chi connectivity index (χ0) is 16.4. The Hall–Kier alpha value is -2.96. The van der Waals surface area contributed by atoms with Gasteiger partial charge in [-0.1, -0.05) is 26.0 Å². The first-order valence-corrected chi connectivity index (χ1v) is 7.33. The highest BCUT2D eigenvalue weighted by Gasteiger charge is 2.20. The van der Waals surface area contributed by atoms with Crippen molar-refractivity contribution in [2.24, 2.45) is 5.92 Å². The molecule has 0 fully saturated rings. The second kappa shape index (κ2) is 6.04. The molecule has 1 unspecified atom stereocenters. The first kappa shape index (κ1) is 15.0. The zero-order valence-corrected chi connectivity index (χ0v) is 12.8. The predicted molar refractivity (Wildman–Crippen MR) is 86.3 cm³/mol. The predicted octanol–water partition coefficient (Wildman–Crippen LogP) is 2.86. The number of aromatic carboxylic acids is 1. The summed E-state index contributed by atoms with van der Waals surface area (Å²) < 4.78 is 0. The summed E-state index contributed by atoms with van der Waals surface area (Å²) in [5, 5.41) is 19.7. The van der Waals surface area contributed by atoms with Gasteiger partial charge in [-0.3, -0.25) is 0 Å². The van der Waals surface area contributed by atoms with Gasteiger partial charge < -0.3 is 15.4 Å². The number of carboxylic acids is 1. The largest absolute Gasteiger partial charge is 0.476 e. The molecule has 0 saturated heterocycles. The standard InChI is InChI=1S/C16H17N5O2/c1-9(2)14(15-17-10-5-3-4-6-11(10)18-15)19-13-8-7-12(16(22)23)20-21-13/h3-9,14H,1-2H3,(H,17,18)(H,19,21)(H,22,23). The number of anilines is 1. The first-order chi connectivity index (χ1) is 11.0. The summed E-state index contributed by atoms with van der Waals surface area (Å²) in [7, 11) is 0. The Morgan fingerprint density at radius 1 is 1.17 bits per heavy atom. The van der Waals surface area contributed by atoms with E-state index in [1.165, 1.54) is 6.07 Å². The van der Waals surface area contributed by atoms with E-state index in [2.05, 4.69) is 39.3 Å². The number of hydrogen-bond acceptors (Lipinski definition) is 5. The molecule has 3 rings (SSSR count). The minimum absolute atomic E-state index is 0.0830. The number of fused-ring (bicyclic) bond motifs is 1. The van der Waals surface area contributed by atoms with Crippen LogP contribution >= 0.6 is 0 Å². The molecule has 23 heavy (non-hydrogen) atoms. The van der Waals surface area contributed by atoms with Crippen molar-refractivity contribution in [3.63, 3.8) is 0 Å². The summed E-state index contributed by atoms with van der Waals surface area (Å²) in [6.45, 7) is 4.15. The molecule has 3 aromatic rings. The molecule has 0 radical (unpaired) electrons. The number of nitrogens with zero attached hydrogens (tertiary/aromatic N) is 3. The van der Waals surface area contributed by atoms with E-state index >= 15 is 0 Å². The van der Waals surface area contributed by atoms with Crippen LogP contribution in [0.2, 0.25) is 0 Å². The summed E-state index contributed by atoms with van der Waals surface area (Å²) in [6, 6.07) is 10.8. The molecule has 0 spiro atoms. The lowest BCUT2D eigenvalue weighted by molar-refractivity contribution is 0.0689. The number of aromatic amines is 1. The van der Waals surface area contributed by atoms with Gasteiger partial charge in [0.2, 0.25) is 0 Å². The average molecular weight is 311 g/mol. The smallest absolute Gasteiger partial charge is 0.356 e. The molecule has 0 saturated carbocycles. The minimum Gasteiger partial charge on any atom is -0.476 e. The number of imidazole rings is 1. The number of H-pyrrole nitrogens is 1. The average Bonchev–Trinajstić information content (AvgIpc) is 2.96. The fourth-order valence-corrected chi connectivity index (χ4v) is 2.35. The third kappa shape index (κ3) is 3.13. The number of nitrogens with one attached hydrogen (secondary N) is 2. The number of para-hydroxylation sites is 2. The topological polar surface area (TPSA) is 104 Å². The Morgan fingerprint density at radius 3 is 2.57 bits per heavy atom. The number of aromatic nitrogens is 4. The van der Waals surface area contributed by atoms with E-state index in [1.54, 1.807) is 6.07 Å². The van der Waals surface area contributed by atoms with Gasteiger partial charge in [-0.15, -0.1) is 10.2 Å². The van der Waals surface area contributed by atoms with Crippen molar-refractivity contribution in [1.29, 1.82) is 0 Å². The lowest BCUT2D eigenvalue weighted by Crippen LogP contribution is -2.19. The number of carboxylic acid groups (broad SMARTS) is 1. The van der Waals surface area contributed by atoms with Crippen molar-refractivity contribution in [2.75, 3.05) is 5.32 Å². The zero-order valence-electron chi connectivity index (χ0n) is 12.8. The minimum atomic E-state index is -1.10. The van der Waals surface area contributed by atoms with E-state index in [4.69, 9.17) is 5.11 Å². The van der Waals surface area contributed by atoms with Crippen LogP contribution in [0.15, 0.2) is 36.4 Å². The molecule has 1 aromatic carbocycles. The van der Waals surface area contributed by atoms with Gasteiger partial charge in [0, 0.05) is 0 Å². The normalized spacial score (nSPS) is 12.5. The molecule has 3 N–H and O–H groups in total. The van der Waals surface area contributed by atoms with E-state index in [0.717, 1.165) is 16.9 Å². The number of benzene rings is 1. The molecule has 118 valence electrons. The van der Waals surface area contributed by atoms with E-state index in [1.807, 2.05) is 24.3 Å². The van der Waals surface area contributed by atoms with E-state index in [9.17, 15) is 4.79 Å². The highest BCUT2D eigenvalue weighted by molar-refractivity contribution is 5.85. The molecule has 0 aliphatic heterocycles. The quantitative estimate of drug-likeness (QED) is 0.669. The summed E-state index contributed by atoms with van der Waals surface area (Å²) in [4.78, 5) is 18.8. The molecule has 7 nitrogen and oxygen atoms in total. The summed E-state index contributed by atoms with van der Waals surface area (Å²) in [5.41, 5.74) is 1.80. The molecular weight excluding hydrogens is 294 g/mol. The van der Waals surface area contributed by atoms with Gasteiger partial charge in [-0.2, -0.15) is 0 Å². The van der Waals surface area contributed by atoms with Gasteiger partial charge in [-0.05, 0) is 30.2 Å². The first-order valence-electron chi connectivity index (χ1n) is 7.33. The van der Waals surface area contributed by atoms with Crippen molar-refractivity contribution in [2.45, 2.75) is 19.9 Å². The van der Waals surface area contributed by atoms with E-state index in [0.29, 0.717) is 5.82 Å². The van der Waals surface area contributed by atoms with Crippen LogP contribution in [0.4, 0.5) is 5.82 Å². The molecule has 0 bridgehead atoms. The van der Waals surface area contributed by atoms with Gasteiger partial charge in [0.15, 0.2) is 5.69 Å². The Bertz CT molecular complexity index is 793. The second-order valence-corrected chi connectivity index (χ2v) is 5.61. The monoisotopic (exact) mass is 311 g/mol. The van der Waals surface area contributed by atoms with Crippen LogP contribution in [0, 0.1) is 5.92 Å². The highest BCUT2D eigenvalue weighted by atomic mass is 16.4. The Kier molecular flexibility index (Phi) is 3.92. The van der Waals surface area contributed by atoms with Crippen LogP contribution in [0.1, 0.15) is 36.2 Å². The molecule has 2 aromatic heterocycles. The third-order valence-corrected chi connectivity index (χ3v) is 3.56. The molecule has 2 heterocycles. The summed E-state index contributed by atoms with van der Waals surface area (Å²) in [6.07, 6.45) is 0. The number of hydrogen-bond donors (Lipinski definition) is 3. The van der Waals surface area contributed by atoms with Gasteiger partial charge in [0.1, 0.15) is 11.6 Å². The van der Waals surface area contributed by atoms with Gasteiger partial charge in [0.05, 0.1) is 17.1 Å². The lowest BCUT2D eigenvalue weighted by Gasteiger charge is -2.20. The number of carbonyl (C=O) groups is 1. The van der Waals surface area contributed by atoms with Crippen LogP contribution in [0.3, 0.4) is 0 Å². The lowest BCUT2D eigenvalue weighted by atomic mass is 10.0. The van der Waals surface area contributed by atoms with Crippen molar-refractivity contribution >= 4 is 22.8 Å². The van der Waals surface area contributed by atoms with Crippen LogP contribution in [0.25, 0.3) is 11.0 Å². The molecule has 7 heteroatoms. The maximum absolute atomic E-state index is 10.8. The van der Waals surface area contributed by atoms with Gasteiger partial charge >= 0.3 is 5.97 Å². The van der Waals surface area contributed by atoms with Gasteiger partial charge in [0.25, 0.3) is 0 Å². The number of rotatable bonds is 5. The Labute approximate surface area is 132 Å². The summed E-state index contributed by atoms with van der Waals surface area (Å²) in [5.74, 6) is 0.470. The van der Waals surface area contributed by atoms with Crippen molar-refractivity contribution in [1.82, 2.24) is 20.2 Å². The SMILES string of the molecule is CC(C)C(Nc1ccc(C(=O)O)nn1)c1nc2ccccc2[nH]1. The van der Waals surface area contributed by atoms with Crippen LogP contribution < -0.4 is 5.32 Å². The van der Waals surface area contributed by atoms with E-state index < -0.39 is 5.97 Å². The van der Waals surface area contributed by atoms with Gasteiger partial charge in [-0.25, -0.2) is 9.78 Å². The fraction of sp³-hybridized carbons (Fsp3) is 0.250. The highest BCUT2D eigenvalue weighted by Crippen LogP contribution is 2.25. The second-order valence-electron chi connectivity index (χ2n) is 5.61. The van der Waals surface area contributed by atoms with Crippen molar-refractivity contribution < 1.29 is 9.90 Å². The van der Waals surface area contributed by atoms with Crippen LogP contribution in [-0.2, 0) is 0 Å². The molecule has 0 aliphatic rings.